The summed E-state index contributed by atoms with van der Waals surface area (Å²) in [6.45, 7) is -0.616. The molecule has 1 saturated heterocycles. The standard InChI is InChI=1S/C13H16N2O8/c16-5-8-10(17)9(11(18)13(20)23-8)14-12(19)6-1-3-7(4-2-6)15(21)22/h1-4,8-11,13,16-18,20H,5H2,(H,14,19)/t8-,9+,10+,11-,13-/m1/s1. The molecule has 10 heteroatoms. The molecule has 1 aromatic carbocycles. The molecule has 0 spiro atoms. The van der Waals surface area contributed by atoms with Crippen molar-refractivity contribution in [2.45, 2.75) is 30.6 Å². The fraction of sp³-hybridized carbons (Fsp3) is 0.462. The van der Waals surface area contributed by atoms with Crippen molar-refractivity contribution >= 4 is 11.6 Å². The van der Waals surface area contributed by atoms with Crippen LogP contribution in [0.2, 0.25) is 0 Å². The normalized spacial score (nSPS) is 30.7. The SMILES string of the molecule is O=C(N[C@@H]1[C@@H](O)[C@H](O)O[C@H](CO)[C@@H]1O)c1ccc([N+](=O)[O-])cc1. The summed E-state index contributed by atoms with van der Waals surface area (Å²) in [6.07, 6.45) is -5.90. The smallest absolute Gasteiger partial charge is 0.269 e. The third kappa shape index (κ3) is 3.63. The van der Waals surface area contributed by atoms with E-state index in [1.165, 1.54) is 12.1 Å². The predicted molar refractivity (Wildman–Crippen MR) is 74.3 cm³/mol. The molecule has 23 heavy (non-hydrogen) atoms. The molecule has 0 bridgehead atoms. The van der Waals surface area contributed by atoms with Crippen molar-refractivity contribution in [3.05, 3.63) is 39.9 Å². The number of rotatable bonds is 4. The number of carbonyl (C=O) groups is 1. The number of hydrogen-bond donors (Lipinski definition) is 5. The largest absolute Gasteiger partial charge is 0.394 e. The van der Waals surface area contributed by atoms with Crippen LogP contribution in [-0.2, 0) is 4.74 Å². The zero-order valence-corrected chi connectivity index (χ0v) is 11.8. The quantitative estimate of drug-likeness (QED) is 0.317. The molecule has 0 unspecified atom stereocenters. The summed E-state index contributed by atoms with van der Waals surface area (Å²) >= 11 is 0. The number of nitro benzene ring substituents is 1. The molecule has 1 aliphatic heterocycles. The third-order valence-electron chi connectivity index (χ3n) is 3.54. The van der Waals surface area contributed by atoms with Crippen molar-refractivity contribution < 1.29 is 34.9 Å². The molecule has 0 radical (unpaired) electrons. The number of nitro groups is 1. The first kappa shape index (κ1) is 17.2. The van der Waals surface area contributed by atoms with Crippen LogP contribution in [0.4, 0.5) is 5.69 Å². The van der Waals surface area contributed by atoms with Crippen LogP contribution in [0.15, 0.2) is 24.3 Å². The van der Waals surface area contributed by atoms with Gasteiger partial charge in [-0.15, -0.1) is 0 Å². The first-order valence-electron chi connectivity index (χ1n) is 6.71. The summed E-state index contributed by atoms with van der Waals surface area (Å²) in [4.78, 5) is 22.0. The van der Waals surface area contributed by atoms with Crippen LogP contribution in [0.25, 0.3) is 0 Å². The van der Waals surface area contributed by atoms with E-state index in [0.717, 1.165) is 12.1 Å². The maximum Gasteiger partial charge on any atom is 0.269 e. The second-order valence-corrected chi connectivity index (χ2v) is 5.03. The van der Waals surface area contributed by atoms with E-state index in [0.29, 0.717) is 0 Å². The number of ether oxygens (including phenoxy) is 1. The van der Waals surface area contributed by atoms with Crippen molar-refractivity contribution in [2.24, 2.45) is 0 Å². The molecule has 1 aliphatic rings. The lowest BCUT2D eigenvalue weighted by Gasteiger charge is -2.40. The Morgan fingerprint density at radius 3 is 2.35 bits per heavy atom. The minimum atomic E-state index is -1.68. The molecule has 5 atom stereocenters. The van der Waals surface area contributed by atoms with Crippen LogP contribution in [0.5, 0.6) is 0 Å². The summed E-state index contributed by atoms with van der Waals surface area (Å²) in [5, 5.41) is 51.3. The Morgan fingerprint density at radius 1 is 1.22 bits per heavy atom. The Labute approximate surface area is 130 Å². The van der Waals surface area contributed by atoms with E-state index < -0.39 is 48.1 Å². The third-order valence-corrected chi connectivity index (χ3v) is 3.54. The highest BCUT2D eigenvalue weighted by molar-refractivity contribution is 5.94. The monoisotopic (exact) mass is 328 g/mol. The van der Waals surface area contributed by atoms with Crippen molar-refractivity contribution in [2.75, 3.05) is 6.61 Å². The molecule has 1 aromatic rings. The molecule has 10 nitrogen and oxygen atoms in total. The lowest BCUT2D eigenvalue weighted by Crippen LogP contribution is -2.64. The van der Waals surface area contributed by atoms with Gasteiger partial charge in [0.2, 0.25) is 0 Å². The van der Waals surface area contributed by atoms with Gasteiger partial charge in [0.1, 0.15) is 18.3 Å². The average molecular weight is 328 g/mol. The van der Waals surface area contributed by atoms with Gasteiger partial charge >= 0.3 is 0 Å². The van der Waals surface area contributed by atoms with Crippen molar-refractivity contribution in [3.63, 3.8) is 0 Å². The highest BCUT2D eigenvalue weighted by atomic mass is 16.6. The van der Waals surface area contributed by atoms with E-state index in [9.17, 15) is 30.2 Å². The van der Waals surface area contributed by atoms with Crippen LogP contribution in [-0.4, -0.2) is 68.5 Å². The van der Waals surface area contributed by atoms with Crippen molar-refractivity contribution in [1.82, 2.24) is 5.32 Å². The van der Waals surface area contributed by atoms with Gasteiger partial charge in [-0.2, -0.15) is 0 Å². The lowest BCUT2D eigenvalue weighted by atomic mass is 9.96. The number of amides is 1. The van der Waals surface area contributed by atoms with Gasteiger partial charge in [-0.05, 0) is 12.1 Å². The Balaban J connectivity index is 2.12. The molecule has 126 valence electrons. The molecular weight excluding hydrogens is 312 g/mol. The van der Waals surface area contributed by atoms with E-state index in [-0.39, 0.29) is 11.3 Å². The number of non-ortho nitro benzene ring substituents is 1. The van der Waals surface area contributed by atoms with E-state index in [1.54, 1.807) is 0 Å². The molecule has 1 fully saturated rings. The number of nitrogens with one attached hydrogen (secondary N) is 1. The topological polar surface area (TPSA) is 162 Å². The number of hydrogen-bond acceptors (Lipinski definition) is 8. The van der Waals surface area contributed by atoms with Crippen LogP contribution in [0, 0.1) is 10.1 Å². The maximum atomic E-state index is 12.1. The maximum absolute atomic E-state index is 12.1. The second-order valence-electron chi connectivity index (χ2n) is 5.03. The minimum Gasteiger partial charge on any atom is -0.394 e. The molecule has 0 aliphatic carbocycles. The van der Waals surface area contributed by atoms with Gasteiger partial charge in [0.25, 0.3) is 11.6 Å². The lowest BCUT2D eigenvalue weighted by molar-refractivity contribution is -0.384. The zero-order valence-electron chi connectivity index (χ0n) is 11.8. The summed E-state index contributed by atoms with van der Waals surface area (Å²) in [7, 11) is 0. The van der Waals surface area contributed by atoms with Gasteiger partial charge in [0.15, 0.2) is 6.29 Å². The Bertz CT molecular complexity index is 578. The molecule has 0 saturated carbocycles. The summed E-state index contributed by atoms with van der Waals surface area (Å²) in [5.74, 6) is -0.714. The molecular formula is C13H16N2O8. The van der Waals surface area contributed by atoms with Gasteiger partial charge < -0.3 is 30.5 Å². The summed E-state index contributed by atoms with van der Waals surface area (Å²) in [5.41, 5.74) is -0.125. The summed E-state index contributed by atoms with van der Waals surface area (Å²) < 4.78 is 4.80. The number of benzene rings is 1. The van der Waals surface area contributed by atoms with E-state index >= 15 is 0 Å². The number of aliphatic hydroxyl groups excluding tert-OH is 4. The van der Waals surface area contributed by atoms with Gasteiger partial charge in [-0.1, -0.05) is 0 Å². The fourth-order valence-corrected chi connectivity index (χ4v) is 2.24. The minimum absolute atomic E-state index is 0.0662. The van der Waals surface area contributed by atoms with E-state index in [1.807, 2.05) is 0 Å². The number of aliphatic hydroxyl groups is 4. The highest BCUT2D eigenvalue weighted by Crippen LogP contribution is 2.20. The molecule has 1 amide bonds. The van der Waals surface area contributed by atoms with Crippen LogP contribution >= 0.6 is 0 Å². The van der Waals surface area contributed by atoms with Crippen molar-refractivity contribution in [1.29, 1.82) is 0 Å². The number of nitrogens with zero attached hydrogens (tertiary/aromatic N) is 1. The van der Waals surface area contributed by atoms with E-state index in [2.05, 4.69) is 5.32 Å². The van der Waals surface area contributed by atoms with Gasteiger partial charge in [0, 0.05) is 17.7 Å². The first-order valence-corrected chi connectivity index (χ1v) is 6.71. The Morgan fingerprint density at radius 2 is 1.83 bits per heavy atom. The van der Waals surface area contributed by atoms with Gasteiger partial charge in [0.05, 0.1) is 17.6 Å². The number of carbonyl (C=O) groups excluding carboxylic acids is 1. The van der Waals surface area contributed by atoms with Crippen LogP contribution < -0.4 is 5.32 Å². The molecule has 1 heterocycles. The Hall–Kier alpha value is -2.11. The van der Waals surface area contributed by atoms with Crippen LogP contribution in [0.3, 0.4) is 0 Å². The molecule has 5 N–H and O–H groups in total. The van der Waals surface area contributed by atoms with Gasteiger partial charge in [-0.25, -0.2) is 0 Å². The summed E-state index contributed by atoms with van der Waals surface area (Å²) in [6, 6.07) is 3.42. The van der Waals surface area contributed by atoms with Crippen molar-refractivity contribution in [3.8, 4) is 0 Å². The highest BCUT2D eigenvalue weighted by Gasteiger charge is 2.44. The Kier molecular flexibility index (Phi) is 5.23. The predicted octanol–water partition coefficient (Wildman–Crippen LogP) is -1.88. The molecule has 0 aromatic heterocycles. The van der Waals surface area contributed by atoms with E-state index in [4.69, 9.17) is 9.84 Å². The first-order chi connectivity index (χ1) is 10.8. The van der Waals surface area contributed by atoms with Gasteiger partial charge in [-0.3, -0.25) is 14.9 Å². The fourth-order valence-electron chi connectivity index (χ4n) is 2.24. The zero-order chi connectivity index (χ0) is 17.1. The average Bonchev–Trinajstić information content (AvgIpc) is 2.54. The molecule has 2 rings (SSSR count). The second kappa shape index (κ2) is 6.98. The van der Waals surface area contributed by atoms with Crippen LogP contribution in [0.1, 0.15) is 10.4 Å².